The third-order valence-corrected chi connectivity index (χ3v) is 4.97. The first-order chi connectivity index (χ1) is 11.2. The molecule has 2 aliphatic rings. The first kappa shape index (κ1) is 15.1. The quantitative estimate of drug-likeness (QED) is 0.527. The molecular formula is C15H21ClN6O. The highest BCUT2D eigenvalue weighted by Gasteiger charge is 2.26. The summed E-state index contributed by atoms with van der Waals surface area (Å²) >= 11 is 6.16. The zero-order valence-electron chi connectivity index (χ0n) is 13.0. The van der Waals surface area contributed by atoms with Gasteiger partial charge in [0.05, 0.1) is 6.33 Å². The highest BCUT2D eigenvalue weighted by Crippen LogP contribution is 2.32. The second-order valence-corrected chi connectivity index (χ2v) is 6.65. The minimum atomic E-state index is -0.0368. The summed E-state index contributed by atoms with van der Waals surface area (Å²) in [5, 5.41) is 1.92. The number of hydrogen-bond acceptors (Lipinski definition) is 6. The number of nitrogens with zero attached hydrogens (tertiary/aromatic N) is 5. The van der Waals surface area contributed by atoms with Crippen molar-refractivity contribution >= 4 is 28.6 Å². The maximum Gasteiger partial charge on any atom is 0.226 e. The van der Waals surface area contributed by atoms with E-state index in [1.807, 2.05) is 4.57 Å². The number of hydrazine groups is 1. The van der Waals surface area contributed by atoms with Crippen LogP contribution in [0.5, 0.6) is 0 Å². The molecule has 2 aromatic rings. The standard InChI is InChI=1S/C15H21ClN6O/c16-15-19-13-12(14(20-15)22(17)10-5-1-2-6-10)18-9-21(13)11-7-3-4-8-23-11/h9-11H,1-8,17H2. The number of aromatic nitrogens is 4. The van der Waals surface area contributed by atoms with Crippen molar-refractivity contribution in [2.24, 2.45) is 5.84 Å². The van der Waals surface area contributed by atoms with Crippen LogP contribution in [0, 0.1) is 0 Å². The Bertz CT molecular complexity index is 693. The van der Waals surface area contributed by atoms with E-state index in [1.165, 1.54) is 12.8 Å². The Labute approximate surface area is 139 Å². The average molecular weight is 337 g/mol. The molecule has 0 radical (unpaired) electrons. The third-order valence-electron chi connectivity index (χ3n) is 4.80. The monoisotopic (exact) mass is 336 g/mol. The fraction of sp³-hybridized carbons (Fsp3) is 0.667. The van der Waals surface area contributed by atoms with Gasteiger partial charge < -0.3 is 4.74 Å². The summed E-state index contributed by atoms with van der Waals surface area (Å²) in [5.41, 5.74) is 1.39. The van der Waals surface area contributed by atoms with Gasteiger partial charge in [-0.1, -0.05) is 12.8 Å². The Balaban J connectivity index is 1.75. The topological polar surface area (TPSA) is 82.1 Å². The van der Waals surface area contributed by atoms with Gasteiger partial charge in [0.25, 0.3) is 0 Å². The summed E-state index contributed by atoms with van der Waals surface area (Å²) in [4.78, 5) is 13.2. The molecule has 1 saturated heterocycles. The van der Waals surface area contributed by atoms with E-state index in [0.29, 0.717) is 23.0 Å². The van der Waals surface area contributed by atoms with Gasteiger partial charge in [-0.15, -0.1) is 0 Å². The van der Waals surface area contributed by atoms with Crippen LogP contribution in [-0.2, 0) is 4.74 Å². The molecule has 8 heteroatoms. The van der Waals surface area contributed by atoms with E-state index >= 15 is 0 Å². The molecule has 1 saturated carbocycles. The lowest BCUT2D eigenvalue weighted by Crippen LogP contribution is -2.40. The Morgan fingerprint density at radius 2 is 1.96 bits per heavy atom. The minimum Gasteiger partial charge on any atom is -0.358 e. The molecule has 0 bridgehead atoms. The molecule has 3 heterocycles. The summed E-state index contributed by atoms with van der Waals surface area (Å²) in [6, 6.07) is 0.292. The number of imidazole rings is 1. The van der Waals surface area contributed by atoms with Crippen LogP contribution in [0.1, 0.15) is 51.2 Å². The van der Waals surface area contributed by atoms with E-state index < -0.39 is 0 Å². The number of hydrogen-bond donors (Lipinski definition) is 1. The normalized spacial score (nSPS) is 22.8. The fourth-order valence-corrected chi connectivity index (χ4v) is 3.73. The Hall–Kier alpha value is -1.44. The third kappa shape index (κ3) is 2.77. The van der Waals surface area contributed by atoms with Crippen molar-refractivity contribution in [2.75, 3.05) is 11.6 Å². The molecule has 124 valence electrons. The van der Waals surface area contributed by atoms with Gasteiger partial charge in [0.2, 0.25) is 5.28 Å². The lowest BCUT2D eigenvalue weighted by Gasteiger charge is -2.25. The van der Waals surface area contributed by atoms with Gasteiger partial charge in [-0.25, -0.2) is 10.8 Å². The molecule has 0 spiro atoms. The van der Waals surface area contributed by atoms with Gasteiger partial charge in [0.1, 0.15) is 6.23 Å². The van der Waals surface area contributed by atoms with Crippen LogP contribution in [-0.4, -0.2) is 32.2 Å². The lowest BCUT2D eigenvalue weighted by molar-refractivity contribution is -0.0298. The molecule has 2 fully saturated rings. The molecule has 1 atom stereocenters. The fourth-order valence-electron chi connectivity index (χ4n) is 3.57. The van der Waals surface area contributed by atoms with E-state index in [-0.39, 0.29) is 11.5 Å². The predicted octanol–water partition coefficient (Wildman–Crippen LogP) is 2.80. The van der Waals surface area contributed by atoms with Gasteiger partial charge in [-0.2, -0.15) is 9.97 Å². The van der Waals surface area contributed by atoms with Crippen molar-refractivity contribution in [1.82, 2.24) is 19.5 Å². The molecule has 0 amide bonds. The smallest absolute Gasteiger partial charge is 0.226 e. The van der Waals surface area contributed by atoms with Gasteiger partial charge in [-0.3, -0.25) is 9.58 Å². The van der Waals surface area contributed by atoms with E-state index in [9.17, 15) is 0 Å². The number of ether oxygens (including phenoxy) is 1. The van der Waals surface area contributed by atoms with E-state index in [2.05, 4.69) is 15.0 Å². The zero-order chi connectivity index (χ0) is 15.8. The van der Waals surface area contributed by atoms with Gasteiger partial charge in [0.15, 0.2) is 17.0 Å². The van der Waals surface area contributed by atoms with Crippen LogP contribution in [0.4, 0.5) is 5.82 Å². The van der Waals surface area contributed by atoms with Gasteiger partial charge in [0, 0.05) is 12.6 Å². The molecule has 4 rings (SSSR count). The molecule has 0 aromatic carbocycles. The Morgan fingerprint density at radius 1 is 1.17 bits per heavy atom. The molecule has 1 aliphatic heterocycles. The number of anilines is 1. The summed E-state index contributed by atoms with van der Waals surface area (Å²) in [7, 11) is 0. The Kier molecular flexibility index (Phi) is 4.09. The first-order valence-electron chi connectivity index (χ1n) is 8.29. The van der Waals surface area contributed by atoms with Crippen molar-refractivity contribution in [3.63, 3.8) is 0 Å². The minimum absolute atomic E-state index is 0.0368. The van der Waals surface area contributed by atoms with Crippen LogP contribution in [0.2, 0.25) is 5.28 Å². The largest absolute Gasteiger partial charge is 0.358 e. The number of fused-ring (bicyclic) bond motifs is 1. The maximum absolute atomic E-state index is 6.33. The molecule has 2 N–H and O–H groups in total. The highest BCUT2D eigenvalue weighted by atomic mass is 35.5. The van der Waals surface area contributed by atoms with Crippen molar-refractivity contribution < 1.29 is 4.74 Å². The van der Waals surface area contributed by atoms with Crippen LogP contribution >= 0.6 is 11.6 Å². The maximum atomic E-state index is 6.33. The van der Waals surface area contributed by atoms with Crippen LogP contribution < -0.4 is 10.9 Å². The molecule has 1 aliphatic carbocycles. The lowest BCUT2D eigenvalue weighted by atomic mass is 10.2. The Morgan fingerprint density at radius 3 is 2.70 bits per heavy atom. The second-order valence-electron chi connectivity index (χ2n) is 6.31. The predicted molar refractivity (Wildman–Crippen MR) is 88.1 cm³/mol. The number of nitrogens with two attached hydrogens (primary N) is 1. The van der Waals surface area contributed by atoms with Crippen LogP contribution in [0.3, 0.4) is 0 Å². The summed E-state index contributed by atoms with van der Waals surface area (Å²) in [5.74, 6) is 6.94. The molecule has 2 aromatic heterocycles. The first-order valence-corrected chi connectivity index (χ1v) is 8.67. The van der Waals surface area contributed by atoms with Crippen molar-refractivity contribution in [1.29, 1.82) is 0 Å². The summed E-state index contributed by atoms with van der Waals surface area (Å²) in [6.07, 6.45) is 9.47. The van der Waals surface area contributed by atoms with Crippen molar-refractivity contribution in [2.45, 2.75) is 57.2 Å². The zero-order valence-corrected chi connectivity index (χ0v) is 13.7. The van der Waals surface area contributed by atoms with Gasteiger partial charge in [-0.05, 0) is 43.7 Å². The van der Waals surface area contributed by atoms with Gasteiger partial charge >= 0.3 is 0 Å². The molecular weight excluding hydrogens is 316 g/mol. The van der Waals surface area contributed by atoms with Crippen molar-refractivity contribution in [3.8, 4) is 0 Å². The average Bonchev–Trinajstić information content (AvgIpc) is 3.24. The summed E-state index contributed by atoms with van der Waals surface area (Å²) < 4.78 is 7.80. The number of rotatable bonds is 3. The molecule has 23 heavy (non-hydrogen) atoms. The van der Waals surface area contributed by atoms with E-state index in [0.717, 1.165) is 38.7 Å². The number of halogens is 1. The molecule has 1 unspecified atom stereocenters. The molecule has 7 nitrogen and oxygen atoms in total. The summed E-state index contributed by atoms with van der Waals surface area (Å²) in [6.45, 7) is 0.765. The second kappa shape index (κ2) is 6.22. The van der Waals surface area contributed by atoms with E-state index in [1.54, 1.807) is 11.3 Å². The SMILES string of the molecule is NN(c1nc(Cl)nc2c1ncn2C1CCCCO1)C1CCCC1. The van der Waals surface area contributed by atoms with Crippen molar-refractivity contribution in [3.05, 3.63) is 11.6 Å². The van der Waals surface area contributed by atoms with Crippen LogP contribution in [0.15, 0.2) is 6.33 Å². The highest BCUT2D eigenvalue weighted by molar-refractivity contribution is 6.28. The van der Waals surface area contributed by atoms with Crippen LogP contribution in [0.25, 0.3) is 11.2 Å². The van der Waals surface area contributed by atoms with E-state index in [4.69, 9.17) is 22.2 Å².